The van der Waals surface area contributed by atoms with Crippen LogP contribution in [0.5, 0.6) is 0 Å². The van der Waals surface area contributed by atoms with Crippen molar-refractivity contribution in [2.75, 3.05) is 26.4 Å². The average molecular weight is 1470 g/mol. The number of nitrogens with one attached hydrogen (secondary N) is 2. The fraction of sp³-hybridized carbons (Fsp3) is 0.912. The molecule has 3 saturated heterocycles. The number of hydrogen-bond donors (Lipinski definition) is 14. The minimum Gasteiger partial charge on any atom is -0.477 e. The summed E-state index contributed by atoms with van der Waals surface area (Å²) in [5.74, 6) is -6.10. The molecule has 0 bridgehead atoms. The zero-order valence-electron chi connectivity index (χ0n) is 63.9. The summed E-state index contributed by atoms with van der Waals surface area (Å²) in [4.78, 5) is 38.7. The highest BCUT2D eigenvalue weighted by Crippen LogP contribution is 2.39. The van der Waals surface area contributed by atoms with E-state index < -0.39 is 148 Å². The number of carbonyl (C=O) groups is 3. The van der Waals surface area contributed by atoms with Crippen LogP contribution in [0.25, 0.3) is 0 Å². The Morgan fingerprint density at radius 1 is 0.505 bits per heavy atom. The van der Waals surface area contributed by atoms with Gasteiger partial charge in [-0.1, -0.05) is 289 Å². The summed E-state index contributed by atoms with van der Waals surface area (Å²) >= 11 is 0. The second-order valence-electron chi connectivity index (χ2n) is 30.0. The van der Waals surface area contributed by atoms with Gasteiger partial charge < -0.3 is 100 Å². The normalized spacial score (nSPS) is 26.6. The second-order valence-corrected chi connectivity index (χ2v) is 30.0. The Balaban J connectivity index is 1.49. The topological polar surface area (TPSA) is 373 Å². The lowest BCUT2D eigenvalue weighted by Gasteiger charge is -2.50. The third-order valence-corrected chi connectivity index (χ3v) is 20.9. The van der Waals surface area contributed by atoms with E-state index in [9.17, 15) is 75.7 Å². The van der Waals surface area contributed by atoms with Crippen LogP contribution in [0.15, 0.2) is 24.3 Å². The molecule has 3 rings (SSSR count). The molecule has 604 valence electrons. The van der Waals surface area contributed by atoms with Crippen molar-refractivity contribution in [3.8, 4) is 0 Å². The highest BCUT2D eigenvalue weighted by atomic mass is 16.8. The zero-order chi connectivity index (χ0) is 75.3. The van der Waals surface area contributed by atoms with E-state index in [4.69, 9.17) is 28.4 Å². The molecule has 0 aliphatic carbocycles. The highest BCUT2D eigenvalue weighted by Gasteiger charge is 2.60. The zero-order valence-corrected chi connectivity index (χ0v) is 63.9. The lowest BCUT2D eigenvalue weighted by atomic mass is 9.88. The summed E-state index contributed by atoms with van der Waals surface area (Å²) in [5, 5.41) is 137. The van der Waals surface area contributed by atoms with Gasteiger partial charge in [0.1, 0.15) is 67.1 Å². The molecule has 18 unspecified atom stereocenters. The molecule has 23 heteroatoms. The molecule has 18 atom stereocenters. The monoisotopic (exact) mass is 1470 g/mol. The lowest BCUT2D eigenvalue weighted by molar-refractivity contribution is -0.386. The molecule has 3 heterocycles. The standard InChI is InChI=1S/C80H148N2O21/c1-4-6-8-10-12-14-16-18-20-22-24-26-27-28-29-30-31-32-33-34-36-38-40-42-44-46-48-50-52-54-67(90)82-61(62(87)53-51-49-47-45-43-41-39-37-35-25-23-21-19-17-15-13-11-9-7-5-2)59-98-77-72(94)71(93)74(66(58-85)100-77)101-78-73(95)76(70(92)65(57-84)99-78)103-80(79(96)97)55-63(88)68(81-60(3)86)75(102-80)69(91)64(89)56-83/h24,26,28-29,61-66,68-78,83-85,87-89,91-95H,4-23,25,27,30-59H2,1-3H3,(H,81,86)(H,82,90)(H,96,97)/b26-24-,29-28-. The van der Waals surface area contributed by atoms with Gasteiger partial charge in [-0.15, -0.1) is 0 Å². The summed E-state index contributed by atoms with van der Waals surface area (Å²) in [5.41, 5.74) is 0. The van der Waals surface area contributed by atoms with Crippen LogP contribution in [-0.2, 0) is 42.8 Å². The molecule has 23 nitrogen and oxygen atoms in total. The summed E-state index contributed by atoms with van der Waals surface area (Å²) in [6, 6.07) is -2.53. The van der Waals surface area contributed by atoms with Crippen molar-refractivity contribution < 1.29 is 104 Å². The minimum absolute atomic E-state index is 0.224. The third kappa shape index (κ3) is 39.4. The number of aliphatic hydroxyl groups excluding tert-OH is 11. The molecule has 0 spiro atoms. The van der Waals surface area contributed by atoms with Gasteiger partial charge >= 0.3 is 5.97 Å². The summed E-state index contributed by atoms with van der Waals surface area (Å²) in [7, 11) is 0. The molecule has 3 aliphatic rings. The number of unbranched alkanes of at least 4 members (excludes halogenated alkanes) is 41. The van der Waals surface area contributed by atoms with E-state index in [1.165, 1.54) is 212 Å². The Hall–Kier alpha value is -2.79. The van der Waals surface area contributed by atoms with Gasteiger partial charge in [0.05, 0.1) is 50.7 Å². The van der Waals surface area contributed by atoms with Crippen molar-refractivity contribution in [2.45, 2.75) is 439 Å². The number of allylic oxidation sites excluding steroid dienone is 4. The summed E-state index contributed by atoms with van der Waals surface area (Å²) in [6.07, 6.45) is 36.0. The Labute approximate surface area is 619 Å². The number of aliphatic hydroxyl groups is 11. The largest absolute Gasteiger partial charge is 0.477 e. The summed E-state index contributed by atoms with van der Waals surface area (Å²) < 4.78 is 35.0. The number of hydrogen-bond acceptors (Lipinski definition) is 20. The molecule has 0 saturated carbocycles. The first-order valence-electron chi connectivity index (χ1n) is 41.2. The van der Waals surface area contributed by atoms with Gasteiger partial charge in [-0.05, 0) is 44.9 Å². The van der Waals surface area contributed by atoms with Crippen molar-refractivity contribution in [2.24, 2.45) is 0 Å². The fourth-order valence-electron chi connectivity index (χ4n) is 14.4. The van der Waals surface area contributed by atoms with Crippen LogP contribution < -0.4 is 10.6 Å². The van der Waals surface area contributed by atoms with Crippen molar-refractivity contribution in [3.63, 3.8) is 0 Å². The molecular formula is C80H148N2O21. The molecule has 0 radical (unpaired) electrons. The van der Waals surface area contributed by atoms with Crippen LogP contribution in [0.2, 0.25) is 0 Å². The number of aliphatic carboxylic acids is 1. The second kappa shape index (κ2) is 59.1. The first-order chi connectivity index (χ1) is 49.9. The molecule has 3 fully saturated rings. The molecular weight excluding hydrogens is 1320 g/mol. The molecule has 3 aliphatic heterocycles. The maximum atomic E-state index is 13.6. The molecule has 103 heavy (non-hydrogen) atoms. The molecule has 0 aromatic rings. The predicted molar refractivity (Wildman–Crippen MR) is 398 cm³/mol. The first-order valence-corrected chi connectivity index (χ1v) is 41.2. The Kier molecular flexibility index (Phi) is 54.2. The fourth-order valence-corrected chi connectivity index (χ4v) is 14.4. The lowest BCUT2D eigenvalue weighted by Crippen LogP contribution is -2.70. The number of rotatable bonds is 65. The molecule has 0 aromatic heterocycles. The van der Waals surface area contributed by atoms with E-state index in [0.29, 0.717) is 19.3 Å². The smallest absolute Gasteiger partial charge is 0.364 e. The van der Waals surface area contributed by atoms with Crippen molar-refractivity contribution in [1.82, 2.24) is 10.6 Å². The molecule has 2 amide bonds. The van der Waals surface area contributed by atoms with E-state index in [1.807, 2.05) is 0 Å². The van der Waals surface area contributed by atoms with Crippen LogP contribution in [0, 0.1) is 0 Å². The maximum Gasteiger partial charge on any atom is 0.364 e. The Morgan fingerprint density at radius 3 is 1.36 bits per heavy atom. The number of ether oxygens (including phenoxy) is 6. The van der Waals surface area contributed by atoms with Crippen LogP contribution in [0.1, 0.15) is 329 Å². The van der Waals surface area contributed by atoms with E-state index in [-0.39, 0.29) is 18.9 Å². The molecule has 14 N–H and O–H groups in total. The summed E-state index contributed by atoms with van der Waals surface area (Å²) in [6.45, 7) is 2.25. The SMILES string of the molecule is CCCCCCCCCCC/C=C\C/C=C\CCCCCCCCCCCCCCCC(=O)NC(COC1OC(CO)C(OC2OC(CO)C(O)C(OC3(C(=O)O)CC(O)C(NC(C)=O)C(C(O)C(O)CO)O3)C2O)C(O)C1O)C(O)CCCCCCCCCCCCCCCCCCCCCC. The number of carboxylic acid groups (broad SMARTS) is 1. The van der Waals surface area contributed by atoms with Gasteiger partial charge in [0, 0.05) is 19.8 Å². The van der Waals surface area contributed by atoms with Gasteiger partial charge in [0.15, 0.2) is 12.6 Å². The van der Waals surface area contributed by atoms with Crippen molar-refractivity contribution in [3.05, 3.63) is 24.3 Å². The Morgan fingerprint density at radius 2 is 0.932 bits per heavy atom. The van der Waals surface area contributed by atoms with Crippen LogP contribution in [0.3, 0.4) is 0 Å². The highest BCUT2D eigenvalue weighted by molar-refractivity contribution is 5.77. The van der Waals surface area contributed by atoms with E-state index >= 15 is 0 Å². The van der Waals surface area contributed by atoms with Gasteiger partial charge in [0.25, 0.3) is 5.79 Å². The van der Waals surface area contributed by atoms with E-state index in [1.54, 1.807) is 0 Å². The van der Waals surface area contributed by atoms with Gasteiger partial charge in [-0.25, -0.2) is 4.79 Å². The number of carboxylic acids is 1. The van der Waals surface area contributed by atoms with Gasteiger partial charge in [0.2, 0.25) is 11.8 Å². The van der Waals surface area contributed by atoms with E-state index in [2.05, 4.69) is 48.8 Å². The number of carbonyl (C=O) groups excluding carboxylic acids is 2. The van der Waals surface area contributed by atoms with Crippen LogP contribution in [0.4, 0.5) is 0 Å². The number of amides is 2. The van der Waals surface area contributed by atoms with E-state index in [0.717, 1.165) is 71.1 Å². The van der Waals surface area contributed by atoms with Crippen LogP contribution >= 0.6 is 0 Å². The van der Waals surface area contributed by atoms with Crippen LogP contribution in [-0.4, -0.2) is 215 Å². The quantitative estimate of drug-likeness (QED) is 0.0199. The third-order valence-electron chi connectivity index (χ3n) is 20.9. The minimum atomic E-state index is -3.08. The molecule has 0 aromatic carbocycles. The van der Waals surface area contributed by atoms with Crippen molar-refractivity contribution >= 4 is 17.8 Å². The Bertz CT molecular complexity index is 2150. The average Bonchev–Trinajstić information content (AvgIpc) is 0.755. The van der Waals surface area contributed by atoms with Gasteiger partial charge in [-0.3, -0.25) is 9.59 Å². The maximum absolute atomic E-state index is 13.6. The van der Waals surface area contributed by atoms with Gasteiger partial charge in [-0.2, -0.15) is 0 Å². The first kappa shape index (κ1) is 94.4. The predicted octanol–water partition coefficient (Wildman–Crippen LogP) is 11.1. The van der Waals surface area contributed by atoms with Crippen molar-refractivity contribution in [1.29, 1.82) is 0 Å².